The average molecular weight is 479 g/mol. The van der Waals surface area contributed by atoms with Gasteiger partial charge in [-0.25, -0.2) is 4.98 Å². The molecule has 1 aliphatic carbocycles. The summed E-state index contributed by atoms with van der Waals surface area (Å²) in [6.07, 6.45) is 5.01. The molecule has 0 bridgehead atoms. The number of fused-ring (bicyclic) bond motifs is 1. The standard InChI is InChI=1S/C28H34N2OS2/c1-27(2)10-11-28(3,4)23-16-21(5-6-22(23)27)24-18-33-26(29-24)20-7-12-30(13-8-20)25(31)15-19-9-14-32-17-19/h5-6,9,14,16-18,20H,7-8,10-13,15H2,1-4H3. The third kappa shape index (κ3) is 4.54. The van der Waals surface area contributed by atoms with Gasteiger partial charge in [0.25, 0.3) is 0 Å². The molecule has 0 N–H and O–H groups in total. The lowest BCUT2D eigenvalue weighted by Crippen LogP contribution is -2.38. The maximum atomic E-state index is 12.6. The number of carbonyl (C=O) groups excluding carboxylic acids is 1. The van der Waals surface area contributed by atoms with Crippen molar-refractivity contribution in [1.82, 2.24) is 9.88 Å². The predicted octanol–water partition coefficient (Wildman–Crippen LogP) is 7.17. The molecule has 0 unspecified atom stereocenters. The van der Waals surface area contributed by atoms with E-state index in [9.17, 15) is 4.79 Å². The molecule has 1 fully saturated rings. The highest BCUT2D eigenvalue weighted by Crippen LogP contribution is 2.47. The van der Waals surface area contributed by atoms with E-state index in [0.29, 0.717) is 12.3 Å². The van der Waals surface area contributed by atoms with Crippen molar-refractivity contribution < 1.29 is 4.79 Å². The van der Waals surface area contributed by atoms with E-state index in [1.54, 1.807) is 22.7 Å². The Bertz CT molecular complexity index is 1130. The number of hydrogen-bond acceptors (Lipinski definition) is 4. The quantitative estimate of drug-likeness (QED) is 0.398. The van der Waals surface area contributed by atoms with Gasteiger partial charge in [0.15, 0.2) is 0 Å². The molecule has 2 aromatic heterocycles. The van der Waals surface area contributed by atoms with Crippen molar-refractivity contribution in [2.24, 2.45) is 0 Å². The molecule has 0 radical (unpaired) electrons. The fourth-order valence-electron chi connectivity index (χ4n) is 5.41. The summed E-state index contributed by atoms with van der Waals surface area (Å²) in [7, 11) is 0. The molecule has 174 valence electrons. The first-order valence-corrected chi connectivity index (χ1v) is 13.9. The normalized spacial score (nSPS) is 19.9. The van der Waals surface area contributed by atoms with Crippen LogP contribution in [0.2, 0.25) is 0 Å². The molecule has 1 aliphatic heterocycles. The Morgan fingerprint density at radius 2 is 1.76 bits per heavy atom. The van der Waals surface area contributed by atoms with E-state index < -0.39 is 0 Å². The predicted molar refractivity (Wildman–Crippen MR) is 139 cm³/mol. The van der Waals surface area contributed by atoms with Gasteiger partial charge in [-0.15, -0.1) is 11.3 Å². The summed E-state index contributed by atoms with van der Waals surface area (Å²) in [5, 5.41) is 7.57. The number of aromatic nitrogens is 1. The Kier molecular flexibility index (Phi) is 5.98. The second-order valence-electron chi connectivity index (χ2n) is 11.1. The second-order valence-corrected chi connectivity index (χ2v) is 12.7. The Labute approximate surface area is 205 Å². The van der Waals surface area contributed by atoms with Gasteiger partial charge in [0.1, 0.15) is 0 Å². The summed E-state index contributed by atoms with van der Waals surface area (Å²) in [6.45, 7) is 11.2. The average Bonchev–Trinajstić information content (AvgIpc) is 3.49. The molecule has 33 heavy (non-hydrogen) atoms. The monoisotopic (exact) mass is 478 g/mol. The van der Waals surface area contributed by atoms with Crippen LogP contribution in [0.25, 0.3) is 11.3 Å². The lowest BCUT2D eigenvalue weighted by Gasteiger charge is -2.42. The molecule has 0 saturated carbocycles. The molecular weight excluding hydrogens is 444 g/mol. The maximum absolute atomic E-state index is 12.6. The van der Waals surface area contributed by atoms with Crippen LogP contribution in [0.15, 0.2) is 40.4 Å². The van der Waals surface area contributed by atoms with Crippen LogP contribution in [-0.2, 0) is 22.0 Å². The summed E-state index contributed by atoms with van der Waals surface area (Å²) in [4.78, 5) is 19.8. The number of rotatable bonds is 4. The van der Waals surface area contributed by atoms with Gasteiger partial charge in [-0.1, -0.05) is 39.8 Å². The number of carbonyl (C=O) groups is 1. The SMILES string of the molecule is CC1(C)CCC(C)(C)c2cc(-c3csc(C4CCN(C(=O)Cc5ccsc5)CC4)n3)ccc21. The molecule has 3 heterocycles. The largest absolute Gasteiger partial charge is 0.342 e. The number of hydrogen-bond donors (Lipinski definition) is 0. The van der Waals surface area contributed by atoms with Gasteiger partial charge in [-0.05, 0) is 76.1 Å². The molecule has 5 rings (SSSR count). The van der Waals surface area contributed by atoms with Gasteiger partial charge in [-0.2, -0.15) is 11.3 Å². The van der Waals surface area contributed by atoms with E-state index in [-0.39, 0.29) is 16.7 Å². The van der Waals surface area contributed by atoms with Crippen LogP contribution >= 0.6 is 22.7 Å². The van der Waals surface area contributed by atoms with E-state index in [1.807, 2.05) is 10.3 Å². The van der Waals surface area contributed by atoms with Gasteiger partial charge in [0, 0.05) is 30.0 Å². The fraction of sp³-hybridized carbons (Fsp3) is 0.500. The Morgan fingerprint density at radius 3 is 2.45 bits per heavy atom. The number of piperidine rings is 1. The number of thiophene rings is 1. The van der Waals surface area contributed by atoms with Gasteiger partial charge in [0.05, 0.1) is 17.1 Å². The van der Waals surface area contributed by atoms with Gasteiger partial charge in [0.2, 0.25) is 5.91 Å². The van der Waals surface area contributed by atoms with E-state index >= 15 is 0 Å². The first-order chi connectivity index (χ1) is 15.7. The minimum atomic E-state index is 0.210. The fourth-order valence-corrected chi connectivity index (χ4v) is 7.08. The Hall–Kier alpha value is -1.98. The zero-order valence-electron chi connectivity index (χ0n) is 20.2. The zero-order valence-corrected chi connectivity index (χ0v) is 21.8. The minimum Gasteiger partial charge on any atom is -0.342 e. The van der Waals surface area contributed by atoms with Crippen LogP contribution in [0.4, 0.5) is 0 Å². The van der Waals surface area contributed by atoms with Crippen molar-refractivity contribution in [2.45, 2.75) is 76.5 Å². The van der Waals surface area contributed by atoms with E-state index in [0.717, 1.165) is 37.2 Å². The number of benzene rings is 1. The van der Waals surface area contributed by atoms with Gasteiger partial charge < -0.3 is 4.90 Å². The molecular formula is C28H34N2OS2. The molecule has 1 saturated heterocycles. The van der Waals surface area contributed by atoms with E-state index in [2.05, 4.69) is 62.7 Å². The number of likely N-dealkylation sites (tertiary alicyclic amines) is 1. The number of amides is 1. The third-order valence-corrected chi connectivity index (χ3v) is 9.54. The molecule has 0 atom stereocenters. The van der Waals surface area contributed by atoms with E-state index in [1.165, 1.54) is 34.5 Å². The first kappa shape index (κ1) is 22.8. The van der Waals surface area contributed by atoms with E-state index in [4.69, 9.17) is 4.98 Å². The molecule has 3 aromatic rings. The highest BCUT2D eigenvalue weighted by Gasteiger charge is 2.37. The molecule has 1 aromatic carbocycles. The molecule has 5 heteroatoms. The van der Waals surface area contributed by atoms with Crippen LogP contribution in [0.1, 0.15) is 81.0 Å². The number of nitrogens with zero attached hydrogens (tertiary/aromatic N) is 2. The third-order valence-electron chi connectivity index (χ3n) is 7.80. The molecule has 1 amide bonds. The lowest BCUT2D eigenvalue weighted by molar-refractivity contribution is -0.131. The first-order valence-electron chi connectivity index (χ1n) is 12.1. The summed E-state index contributed by atoms with van der Waals surface area (Å²) < 4.78 is 0. The maximum Gasteiger partial charge on any atom is 0.227 e. The Balaban J connectivity index is 1.28. The van der Waals surface area contributed by atoms with Crippen LogP contribution in [-0.4, -0.2) is 28.9 Å². The summed E-state index contributed by atoms with van der Waals surface area (Å²) in [6, 6.07) is 9.07. The van der Waals surface area contributed by atoms with Crippen molar-refractivity contribution >= 4 is 28.6 Å². The second kappa shape index (κ2) is 8.66. The highest BCUT2D eigenvalue weighted by atomic mass is 32.1. The van der Waals surface area contributed by atoms with Gasteiger partial charge in [-0.3, -0.25) is 4.79 Å². The van der Waals surface area contributed by atoms with Crippen LogP contribution in [0.3, 0.4) is 0 Å². The van der Waals surface area contributed by atoms with Crippen molar-refractivity contribution in [2.75, 3.05) is 13.1 Å². The summed E-state index contributed by atoms with van der Waals surface area (Å²) in [5.41, 5.74) is 6.92. The topological polar surface area (TPSA) is 33.2 Å². The van der Waals surface area contributed by atoms with Crippen LogP contribution in [0.5, 0.6) is 0 Å². The molecule has 2 aliphatic rings. The highest BCUT2D eigenvalue weighted by molar-refractivity contribution is 7.10. The van der Waals surface area contributed by atoms with Crippen molar-refractivity contribution in [3.8, 4) is 11.3 Å². The lowest BCUT2D eigenvalue weighted by atomic mass is 9.63. The van der Waals surface area contributed by atoms with Gasteiger partial charge >= 0.3 is 0 Å². The zero-order chi connectivity index (χ0) is 23.2. The Morgan fingerprint density at radius 1 is 1.03 bits per heavy atom. The van der Waals surface area contributed by atoms with Crippen LogP contribution < -0.4 is 0 Å². The van der Waals surface area contributed by atoms with Crippen molar-refractivity contribution in [3.63, 3.8) is 0 Å². The minimum absolute atomic E-state index is 0.210. The summed E-state index contributed by atoms with van der Waals surface area (Å²) >= 11 is 3.44. The van der Waals surface area contributed by atoms with Crippen molar-refractivity contribution in [3.05, 3.63) is 62.1 Å². The van der Waals surface area contributed by atoms with Crippen LogP contribution in [0, 0.1) is 0 Å². The number of thiazole rings is 1. The smallest absolute Gasteiger partial charge is 0.227 e. The van der Waals surface area contributed by atoms with Crippen molar-refractivity contribution in [1.29, 1.82) is 0 Å². The molecule has 0 spiro atoms. The molecule has 3 nitrogen and oxygen atoms in total. The summed E-state index contributed by atoms with van der Waals surface area (Å²) in [5.74, 6) is 0.716.